The van der Waals surface area contributed by atoms with Crippen LogP contribution in [0.2, 0.25) is 0 Å². The highest BCUT2D eigenvalue weighted by Crippen LogP contribution is 2.43. The van der Waals surface area contributed by atoms with Crippen LogP contribution in [0.4, 0.5) is 0 Å². The first kappa shape index (κ1) is 12.9. The predicted molar refractivity (Wildman–Crippen MR) is 66.9 cm³/mol. The second-order valence-corrected chi connectivity index (χ2v) is 4.74. The fourth-order valence-corrected chi connectivity index (χ4v) is 2.75. The van der Waals surface area contributed by atoms with E-state index in [9.17, 15) is 15.0 Å². The summed E-state index contributed by atoms with van der Waals surface area (Å²) < 4.78 is 5.17. The third-order valence-electron chi connectivity index (χ3n) is 3.92. The summed E-state index contributed by atoms with van der Waals surface area (Å²) in [6, 6.07) is 5.66. The number of rotatable bonds is 4. The number of carboxylic acids is 1. The lowest BCUT2D eigenvalue weighted by molar-refractivity contribution is -0.161. The van der Waals surface area contributed by atoms with E-state index in [-0.39, 0.29) is 12.3 Å². The van der Waals surface area contributed by atoms with E-state index in [0.29, 0.717) is 12.2 Å². The molecular formula is C14H18O4. The summed E-state index contributed by atoms with van der Waals surface area (Å²) in [6.45, 7) is 1.70. The summed E-state index contributed by atoms with van der Waals surface area (Å²) in [5.74, 6) is -0.805. The first-order valence-corrected chi connectivity index (χ1v) is 6.15. The van der Waals surface area contributed by atoms with Gasteiger partial charge in [0.25, 0.3) is 0 Å². The van der Waals surface area contributed by atoms with Gasteiger partial charge in [-0.3, -0.25) is 0 Å². The summed E-state index contributed by atoms with van der Waals surface area (Å²) in [4.78, 5) is 11.3. The van der Waals surface area contributed by atoms with Gasteiger partial charge in [0.15, 0.2) is 5.60 Å². The number of carbonyl (C=O) groups is 1. The van der Waals surface area contributed by atoms with Gasteiger partial charge < -0.3 is 14.9 Å². The molecule has 0 fully saturated rings. The fourth-order valence-electron chi connectivity index (χ4n) is 2.75. The first-order valence-electron chi connectivity index (χ1n) is 6.15. The molecule has 4 nitrogen and oxygen atoms in total. The average molecular weight is 250 g/mol. The molecule has 0 radical (unpaired) electrons. The molecule has 2 N–H and O–H groups in total. The summed E-state index contributed by atoms with van der Waals surface area (Å²) >= 11 is 0. The Kier molecular flexibility index (Phi) is 3.30. The molecule has 18 heavy (non-hydrogen) atoms. The van der Waals surface area contributed by atoms with Crippen molar-refractivity contribution in [2.45, 2.75) is 37.7 Å². The van der Waals surface area contributed by atoms with Crippen LogP contribution in [0.5, 0.6) is 5.75 Å². The Balaban J connectivity index is 2.44. The number of aryl methyl sites for hydroxylation is 1. The number of methoxy groups -OCH3 is 1. The normalized spacial score (nSPS) is 21.2. The highest BCUT2D eigenvalue weighted by Gasteiger charge is 2.46. The zero-order valence-electron chi connectivity index (χ0n) is 10.6. The van der Waals surface area contributed by atoms with Crippen LogP contribution in [0.1, 0.15) is 36.8 Å². The van der Waals surface area contributed by atoms with Crippen molar-refractivity contribution >= 4 is 5.97 Å². The van der Waals surface area contributed by atoms with Crippen LogP contribution >= 0.6 is 0 Å². The fraction of sp³-hybridized carbons (Fsp3) is 0.500. The second-order valence-electron chi connectivity index (χ2n) is 4.74. The van der Waals surface area contributed by atoms with Gasteiger partial charge in [0.2, 0.25) is 0 Å². The van der Waals surface area contributed by atoms with Crippen molar-refractivity contribution in [2.75, 3.05) is 7.11 Å². The average Bonchev–Trinajstić information content (AvgIpc) is 2.80. The number of hydrogen-bond donors (Lipinski definition) is 2. The van der Waals surface area contributed by atoms with Gasteiger partial charge in [-0.25, -0.2) is 4.79 Å². The van der Waals surface area contributed by atoms with E-state index < -0.39 is 11.6 Å². The van der Waals surface area contributed by atoms with Crippen LogP contribution < -0.4 is 4.74 Å². The Morgan fingerprint density at radius 3 is 2.83 bits per heavy atom. The summed E-state index contributed by atoms with van der Waals surface area (Å²) in [6.07, 6.45) is 1.67. The monoisotopic (exact) mass is 250 g/mol. The second kappa shape index (κ2) is 4.61. The minimum absolute atomic E-state index is 0.198. The van der Waals surface area contributed by atoms with E-state index in [0.717, 1.165) is 17.5 Å². The largest absolute Gasteiger partial charge is 0.497 e. The van der Waals surface area contributed by atoms with Crippen molar-refractivity contribution in [3.05, 3.63) is 29.3 Å². The maximum atomic E-state index is 11.3. The van der Waals surface area contributed by atoms with Crippen LogP contribution in [0, 0.1) is 0 Å². The van der Waals surface area contributed by atoms with Gasteiger partial charge in [0.1, 0.15) is 5.75 Å². The number of carboxylic acid groups (broad SMARTS) is 1. The van der Waals surface area contributed by atoms with Crippen LogP contribution in [0.25, 0.3) is 0 Å². The van der Waals surface area contributed by atoms with Gasteiger partial charge in [-0.05, 0) is 42.5 Å². The minimum atomic E-state index is -1.68. The van der Waals surface area contributed by atoms with Gasteiger partial charge >= 0.3 is 5.97 Å². The Morgan fingerprint density at radius 1 is 1.56 bits per heavy atom. The highest BCUT2D eigenvalue weighted by atomic mass is 16.5. The predicted octanol–water partition coefficient (Wildman–Crippen LogP) is 1.95. The van der Waals surface area contributed by atoms with Gasteiger partial charge in [0, 0.05) is 5.92 Å². The summed E-state index contributed by atoms with van der Waals surface area (Å²) in [5.41, 5.74) is 0.326. The molecule has 2 rings (SSSR count). The molecule has 0 bridgehead atoms. The van der Waals surface area contributed by atoms with E-state index in [1.807, 2.05) is 18.2 Å². The quantitative estimate of drug-likeness (QED) is 0.857. The number of ether oxygens (including phenoxy) is 1. The first-order chi connectivity index (χ1) is 8.52. The molecule has 98 valence electrons. The van der Waals surface area contributed by atoms with Crippen molar-refractivity contribution < 1.29 is 19.7 Å². The molecule has 1 aromatic rings. The Bertz CT molecular complexity index is 469. The number of aliphatic hydroxyl groups is 1. The van der Waals surface area contributed by atoms with E-state index in [2.05, 4.69) is 0 Å². The third-order valence-corrected chi connectivity index (χ3v) is 3.92. The molecule has 0 amide bonds. The molecular weight excluding hydrogens is 232 g/mol. The van der Waals surface area contributed by atoms with Crippen LogP contribution in [-0.2, 0) is 11.2 Å². The molecule has 2 unspecified atom stereocenters. The lowest BCUT2D eigenvalue weighted by Crippen LogP contribution is -2.43. The van der Waals surface area contributed by atoms with Gasteiger partial charge in [-0.15, -0.1) is 0 Å². The maximum absolute atomic E-state index is 11.3. The van der Waals surface area contributed by atoms with Gasteiger partial charge in [-0.2, -0.15) is 0 Å². The molecule has 0 saturated heterocycles. The zero-order chi connectivity index (χ0) is 13.3. The van der Waals surface area contributed by atoms with Crippen molar-refractivity contribution in [3.8, 4) is 5.75 Å². The number of hydrogen-bond acceptors (Lipinski definition) is 3. The molecule has 2 atom stereocenters. The minimum Gasteiger partial charge on any atom is -0.497 e. The Morgan fingerprint density at radius 2 is 2.28 bits per heavy atom. The summed E-state index contributed by atoms with van der Waals surface area (Å²) in [5, 5.41) is 19.6. The third kappa shape index (κ3) is 1.86. The van der Waals surface area contributed by atoms with Crippen molar-refractivity contribution in [3.63, 3.8) is 0 Å². The van der Waals surface area contributed by atoms with Crippen molar-refractivity contribution in [2.24, 2.45) is 0 Å². The van der Waals surface area contributed by atoms with E-state index in [1.54, 1.807) is 14.0 Å². The van der Waals surface area contributed by atoms with Crippen LogP contribution in [0.3, 0.4) is 0 Å². The lowest BCUT2D eigenvalue weighted by Gasteiger charge is -2.29. The van der Waals surface area contributed by atoms with Crippen LogP contribution in [-0.4, -0.2) is 28.9 Å². The molecule has 0 spiro atoms. The Labute approximate surface area is 106 Å². The summed E-state index contributed by atoms with van der Waals surface area (Å²) in [7, 11) is 1.58. The highest BCUT2D eigenvalue weighted by molar-refractivity contribution is 5.79. The molecule has 0 aromatic heterocycles. The van der Waals surface area contributed by atoms with E-state index in [1.165, 1.54) is 0 Å². The molecule has 1 aliphatic rings. The number of benzene rings is 1. The molecule has 4 heteroatoms. The molecule has 0 aliphatic heterocycles. The smallest absolute Gasteiger partial charge is 0.336 e. The number of aliphatic carboxylic acids is 1. The standard InChI is InChI=1S/C14H18O4/c1-3-14(17,13(15)16)12-7-5-9-4-6-10(18-2)8-11(9)12/h4,6,8,12,17H,3,5,7H2,1-2H3,(H,15,16). The zero-order valence-corrected chi connectivity index (χ0v) is 10.6. The number of fused-ring (bicyclic) bond motifs is 1. The molecule has 1 aromatic carbocycles. The van der Waals surface area contributed by atoms with Gasteiger partial charge in [0.05, 0.1) is 7.11 Å². The van der Waals surface area contributed by atoms with E-state index in [4.69, 9.17) is 4.74 Å². The topological polar surface area (TPSA) is 66.8 Å². The molecule has 0 saturated carbocycles. The van der Waals surface area contributed by atoms with Crippen LogP contribution in [0.15, 0.2) is 18.2 Å². The molecule has 0 heterocycles. The van der Waals surface area contributed by atoms with Crippen molar-refractivity contribution in [1.82, 2.24) is 0 Å². The van der Waals surface area contributed by atoms with Crippen molar-refractivity contribution in [1.29, 1.82) is 0 Å². The van der Waals surface area contributed by atoms with Gasteiger partial charge in [-0.1, -0.05) is 13.0 Å². The Hall–Kier alpha value is -1.55. The van der Waals surface area contributed by atoms with E-state index >= 15 is 0 Å². The SMILES string of the molecule is CCC(O)(C(=O)O)C1CCc2ccc(OC)cc21. The maximum Gasteiger partial charge on any atom is 0.336 e. The molecule has 1 aliphatic carbocycles. The lowest BCUT2D eigenvalue weighted by atomic mass is 9.81.